The largest absolute Gasteiger partial charge is 0.461 e. The van der Waals surface area contributed by atoms with Crippen molar-refractivity contribution < 1.29 is 31.4 Å². The highest BCUT2D eigenvalue weighted by molar-refractivity contribution is 7.91. The smallest absolute Gasteiger partial charge is 0.418 e. The highest BCUT2D eigenvalue weighted by atomic mass is 32.2. The number of hydrogen-bond donors (Lipinski definition) is 2. The van der Waals surface area contributed by atoms with E-state index in [1.165, 1.54) is 6.92 Å². The van der Waals surface area contributed by atoms with Gasteiger partial charge in [0, 0.05) is 31.6 Å². The van der Waals surface area contributed by atoms with Crippen LogP contribution < -0.4 is 15.4 Å². The van der Waals surface area contributed by atoms with Crippen molar-refractivity contribution in [2.45, 2.75) is 80.7 Å². The number of anilines is 2. The molecule has 3 atom stereocenters. The number of aryl methyl sites for hydroxylation is 1. The third-order valence-electron chi connectivity index (χ3n) is 9.24. The highest BCUT2D eigenvalue weighted by Gasteiger charge is 2.48. The summed E-state index contributed by atoms with van der Waals surface area (Å²) in [5.74, 6) is -0.444. The molecular formula is C29H37F3N6O4S. The number of rotatable bonds is 5. The van der Waals surface area contributed by atoms with E-state index in [0.717, 1.165) is 44.0 Å². The maximum Gasteiger partial charge on any atom is 0.418 e. The van der Waals surface area contributed by atoms with Gasteiger partial charge in [0.05, 0.1) is 33.8 Å². The molecule has 6 rings (SSSR count). The molecule has 0 aliphatic carbocycles. The van der Waals surface area contributed by atoms with E-state index in [1.54, 1.807) is 6.92 Å². The third kappa shape index (κ3) is 5.57. The number of nitrogens with zero attached hydrogens (tertiary/aromatic N) is 5. The van der Waals surface area contributed by atoms with Gasteiger partial charge < -0.3 is 20.5 Å². The number of fused-ring (bicyclic) bond motifs is 2. The van der Waals surface area contributed by atoms with Crippen LogP contribution in [0.2, 0.25) is 0 Å². The van der Waals surface area contributed by atoms with Crippen molar-refractivity contribution in [1.82, 2.24) is 19.9 Å². The molecule has 2 aromatic heterocycles. The lowest BCUT2D eigenvalue weighted by Crippen LogP contribution is -2.47. The molecule has 3 N–H and O–H groups in total. The fraction of sp³-hybridized carbons (Fsp3) is 0.621. The molecule has 0 saturated carbocycles. The maximum atomic E-state index is 14.2. The Hall–Kier alpha value is -2.97. The minimum atomic E-state index is -4.84. The zero-order valence-corrected chi connectivity index (χ0v) is 25.2. The van der Waals surface area contributed by atoms with Crippen LogP contribution in [-0.2, 0) is 28.2 Å². The molecule has 14 heteroatoms. The molecule has 3 fully saturated rings. The van der Waals surface area contributed by atoms with Gasteiger partial charge in [0.25, 0.3) is 0 Å². The van der Waals surface area contributed by atoms with E-state index in [2.05, 4.69) is 26.4 Å². The summed E-state index contributed by atoms with van der Waals surface area (Å²) in [6.45, 7) is 9.89. The second-order valence-corrected chi connectivity index (χ2v) is 15.0. The van der Waals surface area contributed by atoms with Crippen molar-refractivity contribution in [3.05, 3.63) is 46.3 Å². The molecule has 0 aromatic carbocycles. The van der Waals surface area contributed by atoms with Gasteiger partial charge >= 0.3 is 12.2 Å². The summed E-state index contributed by atoms with van der Waals surface area (Å²) in [5.41, 5.74) is 4.39. The highest BCUT2D eigenvalue weighted by Crippen LogP contribution is 2.45. The van der Waals surface area contributed by atoms with Crippen LogP contribution in [0.4, 0.5) is 24.8 Å². The van der Waals surface area contributed by atoms with Crippen LogP contribution in [0.15, 0.2) is 18.2 Å². The number of sulfone groups is 1. The van der Waals surface area contributed by atoms with Crippen LogP contribution in [0, 0.1) is 6.92 Å². The number of nitrogens with two attached hydrogens (primary N) is 1. The molecule has 2 aromatic rings. The molecule has 4 aliphatic rings. The normalized spacial score (nSPS) is 29.0. The second kappa shape index (κ2) is 10.3. The summed E-state index contributed by atoms with van der Waals surface area (Å²) in [4.78, 5) is 17.4. The molecule has 3 saturated heterocycles. The Morgan fingerprint density at radius 2 is 1.95 bits per heavy atom. The number of nitrogen functional groups attached to an aromatic ring is 1. The number of alkyl halides is 3. The number of hydrogen-bond acceptors (Lipinski definition) is 10. The summed E-state index contributed by atoms with van der Waals surface area (Å²) in [6.07, 6.45) is -1.20. The van der Waals surface area contributed by atoms with Gasteiger partial charge in [-0.2, -0.15) is 23.1 Å². The first-order valence-electron chi connectivity index (χ1n) is 14.5. The molecule has 43 heavy (non-hydrogen) atoms. The standard InChI is InChI=1S/C29H37F3N6O4S/c1-17-12-28(7-5-9-38(28)13-17)16-42-26-34-20-11-21(24-23(29(30,31)32)18(2)10-22(33)35-24)43(40,41)14-19(20)25(36-26)37-8-4-6-27(3,39)15-37/h10,21,39H,1,4-9,11-16H2,2-3H3,(H2,33,35)/t21-,27+,28-/m0/s1. The lowest BCUT2D eigenvalue weighted by molar-refractivity contribution is -0.139. The van der Waals surface area contributed by atoms with E-state index < -0.39 is 43.9 Å². The predicted molar refractivity (Wildman–Crippen MR) is 154 cm³/mol. The fourth-order valence-electron chi connectivity index (χ4n) is 7.38. The van der Waals surface area contributed by atoms with Crippen LogP contribution in [0.25, 0.3) is 0 Å². The Morgan fingerprint density at radius 1 is 1.21 bits per heavy atom. The zero-order valence-electron chi connectivity index (χ0n) is 24.4. The van der Waals surface area contributed by atoms with Gasteiger partial charge in [-0.15, -0.1) is 0 Å². The van der Waals surface area contributed by atoms with E-state index in [1.807, 2.05) is 4.90 Å². The summed E-state index contributed by atoms with van der Waals surface area (Å²) >= 11 is 0. The SMILES string of the molecule is C=C1CN2CCC[C@@]2(COc2nc3c(c(N4CCC[C@@](C)(O)C4)n2)CS(=O)(=O)[C@H](c2nc(N)cc(C)c2C(F)(F)F)C3)C1. The van der Waals surface area contributed by atoms with Gasteiger partial charge in [-0.05, 0) is 64.1 Å². The van der Waals surface area contributed by atoms with E-state index in [4.69, 9.17) is 10.5 Å². The number of halogens is 3. The monoisotopic (exact) mass is 622 g/mol. The van der Waals surface area contributed by atoms with Crippen molar-refractivity contribution in [2.24, 2.45) is 0 Å². The Kier molecular flexibility index (Phi) is 7.20. The minimum absolute atomic E-state index is 0.0310. The van der Waals surface area contributed by atoms with E-state index in [9.17, 15) is 26.7 Å². The third-order valence-corrected chi connectivity index (χ3v) is 11.2. The average Bonchev–Trinajstić information content (AvgIpc) is 3.40. The summed E-state index contributed by atoms with van der Waals surface area (Å²) in [7, 11) is -4.20. The van der Waals surface area contributed by atoms with Crippen LogP contribution in [-0.4, -0.2) is 77.3 Å². The Bertz CT molecular complexity index is 1580. The molecule has 0 spiro atoms. The average molecular weight is 623 g/mol. The van der Waals surface area contributed by atoms with E-state index in [-0.39, 0.29) is 41.6 Å². The molecule has 0 unspecified atom stereocenters. The summed E-state index contributed by atoms with van der Waals surface area (Å²) in [5, 5.41) is 9.22. The molecule has 10 nitrogen and oxygen atoms in total. The molecule has 0 amide bonds. The molecule has 6 heterocycles. The molecule has 0 radical (unpaired) electrons. The van der Waals surface area contributed by atoms with Crippen molar-refractivity contribution in [2.75, 3.05) is 43.4 Å². The fourth-order valence-corrected chi connectivity index (χ4v) is 9.20. The number of pyridine rings is 1. The van der Waals surface area contributed by atoms with Gasteiger partial charge in [-0.3, -0.25) is 4.90 Å². The minimum Gasteiger partial charge on any atom is -0.461 e. The molecule has 0 bridgehead atoms. The Balaban J connectivity index is 1.43. The van der Waals surface area contributed by atoms with E-state index >= 15 is 0 Å². The van der Waals surface area contributed by atoms with Gasteiger partial charge in [0.15, 0.2) is 9.84 Å². The van der Waals surface area contributed by atoms with Crippen molar-refractivity contribution >= 4 is 21.5 Å². The first-order valence-corrected chi connectivity index (χ1v) is 16.3. The number of aromatic nitrogens is 3. The van der Waals surface area contributed by atoms with Crippen LogP contribution in [0.3, 0.4) is 0 Å². The zero-order chi connectivity index (χ0) is 30.9. The van der Waals surface area contributed by atoms with Crippen LogP contribution in [0.5, 0.6) is 6.01 Å². The lowest BCUT2D eigenvalue weighted by Gasteiger charge is -2.39. The van der Waals surface area contributed by atoms with Crippen LogP contribution in [0.1, 0.15) is 72.4 Å². The second-order valence-electron chi connectivity index (χ2n) is 12.9. The first kappa shape index (κ1) is 30.1. The van der Waals surface area contributed by atoms with Gasteiger partial charge in [0.1, 0.15) is 23.5 Å². The Morgan fingerprint density at radius 3 is 2.67 bits per heavy atom. The van der Waals surface area contributed by atoms with Crippen molar-refractivity contribution in [1.29, 1.82) is 0 Å². The van der Waals surface area contributed by atoms with Gasteiger partial charge in [0.2, 0.25) is 0 Å². The quantitative estimate of drug-likeness (QED) is 0.477. The van der Waals surface area contributed by atoms with Crippen LogP contribution >= 0.6 is 0 Å². The van der Waals surface area contributed by atoms with Crippen molar-refractivity contribution in [3.63, 3.8) is 0 Å². The molecular weight excluding hydrogens is 585 g/mol. The van der Waals surface area contributed by atoms with Gasteiger partial charge in [-0.1, -0.05) is 12.2 Å². The number of ether oxygens (including phenoxy) is 1. The Labute approximate surface area is 249 Å². The summed E-state index contributed by atoms with van der Waals surface area (Å²) < 4.78 is 76.3. The van der Waals surface area contributed by atoms with Crippen molar-refractivity contribution in [3.8, 4) is 6.01 Å². The molecule has 234 valence electrons. The lowest BCUT2D eigenvalue weighted by atomic mass is 9.94. The number of piperidine rings is 1. The maximum absolute atomic E-state index is 14.2. The first-order chi connectivity index (χ1) is 20.1. The van der Waals surface area contributed by atoms with Gasteiger partial charge in [-0.25, -0.2) is 13.4 Å². The predicted octanol–water partition coefficient (Wildman–Crippen LogP) is 3.52. The number of β-amino-alcohol motifs (C(OH)–C–C–N with tert-alkyl or cyclic N) is 1. The molecule has 4 aliphatic heterocycles. The topological polar surface area (TPSA) is 135 Å². The van der Waals surface area contributed by atoms with E-state index in [0.29, 0.717) is 37.4 Å². The number of aliphatic hydroxyl groups is 1. The summed E-state index contributed by atoms with van der Waals surface area (Å²) in [6, 6.07) is 1.12.